The zero-order valence-electron chi connectivity index (χ0n) is 7.19. The number of phenolic OH excluding ortho intramolecular Hbond substituents is 1. The molecule has 0 heterocycles. The lowest BCUT2D eigenvalue weighted by Crippen LogP contribution is -1.81. The van der Waals surface area contributed by atoms with Gasteiger partial charge < -0.3 is 5.11 Å². The van der Waals surface area contributed by atoms with Crippen molar-refractivity contribution in [2.45, 2.75) is 0 Å². The second kappa shape index (κ2) is 3.91. The number of rotatable bonds is 0. The second-order valence-corrected chi connectivity index (χ2v) is 4.50. The molecule has 0 aromatic heterocycles. The van der Waals surface area contributed by atoms with E-state index in [-0.39, 0.29) is 20.8 Å². The highest BCUT2D eigenvalue weighted by atomic mass is 35.5. The van der Waals surface area contributed by atoms with Crippen LogP contribution in [0.5, 0.6) is 5.75 Å². The predicted molar refractivity (Wildman–Crippen MR) is 65.7 cm³/mol. The summed E-state index contributed by atoms with van der Waals surface area (Å²) in [6.45, 7) is 0. The summed E-state index contributed by atoms with van der Waals surface area (Å²) >= 11 is 23.8. The predicted octanol–water partition coefficient (Wildman–Crippen LogP) is 5.16. The van der Waals surface area contributed by atoms with E-state index in [1.54, 1.807) is 6.07 Å². The van der Waals surface area contributed by atoms with E-state index in [4.69, 9.17) is 46.4 Å². The summed E-state index contributed by atoms with van der Waals surface area (Å²) in [5, 5.41) is 11.6. The molecule has 1 nitrogen and oxygen atoms in total. The van der Waals surface area contributed by atoms with Crippen LogP contribution >= 0.6 is 46.4 Å². The van der Waals surface area contributed by atoms with Crippen LogP contribution in [-0.4, -0.2) is 5.11 Å². The first-order valence-corrected chi connectivity index (χ1v) is 5.48. The van der Waals surface area contributed by atoms with Crippen LogP contribution < -0.4 is 0 Å². The molecule has 0 atom stereocenters. The maximum absolute atomic E-state index is 9.33. The van der Waals surface area contributed by atoms with Crippen molar-refractivity contribution in [1.82, 2.24) is 0 Å². The van der Waals surface area contributed by atoms with Crippen LogP contribution in [0, 0.1) is 0 Å². The topological polar surface area (TPSA) is 20.2 Å². The van der Waals surface area contributed by atoms with Crippen molar-refractivity contribution in [2.75, 3.05) is 0 Å². The number of halogens is 4. The number of hydrogen-bond acceptors (Lipinski definition) is 1. The van der Waals surface area contributed by atoms with Gasteiger partial charge in [0.2, 0.25) is 0 Å². The van der Waals surface area contributed by atoms with Crippen LogP contribution in [0.25, 0.3) is 10.8 Å². The van der Waals surface area contributed by atoms with Gasteiger partial charge in [-0.3, -0.25) is 0 Å². The highest BCUT2D eigenvalue weighted by Gasteiger charge is 2.14. The standard InChI is InChI=1S/C10H4Cl4O/c11-7-5-2-1-4(15)3-6(5)8(12)10(14)9(7)13/h1-3,15H. The monoisotopic (exact) mass is 280 g/mol. The second-order valence-electron chi connectivity index (χ2n) is 2.99. The zero-order valence-corrected chi connectivity index (χ0v) is 10.2. The van der Waals surface area contributed by atoms with Gasteiger partial charge in [0.1, 0.15) is 5.75 Å². The van der Waals surface area contributed by atoms with Crippen molar-refractivity contribution in [3.05, 3.63) is 38.3 Å². The molecule has 2 aromatic rings. The highest BCUT2D eigenvalue weighted by molar-refractivity contribution is 6.55. The molecule has 2 aromatic carbocycles. The van der Waals surface area contributed by atoms with Crippen LogP contribution in [-0.2, 0) is 0 Å². The van der Waals surface area contributed by atoms with Gasteiger partial charge in [0.25, 0.3) is 0 Å². The van der Waals surface area contributed by atoms with E-state index in [1.165, 1.54) is 12.1 Å². The van der Waals surface area contributed by atoms with Crippen molar-refractivity contribution >= 4 is 57.2 Å². The molecule has 0 spiro atoms. The lowest BCUT2D eigenvalue weighted by Gasteiger charge is -2.08. The molecular formula is C10H4Cl4O. The molecule has 0 amide bonds. The third kappa shape index (κ3) is 1.74. The van der Waals surface area contributed by atoms with Gasteiger partial charge in [0.05, 0.1) is 20.1 Å². The highest BCUT2D eigenvalue weighted by Crippen LogP contribution is 2.43. The number of aromatic hydroxyl groups is 1. The SMILES string of the molecule is Oc1ccc2c(Cl)c(Cl)c(Cl)c(Cl)c2c1. The van der Waals surface area contributed by atoms with E-state index >= 15 is 0 Å². The zero-order chi connectivity index (χ0) is 11.2. The summed E-state index contributed by atoms with van der Waals surface area (Å²) in [6.07, 6.45) is 0. The van der Waals surface area contributed by atoms with Crippen molar-refractivity contribution < 1.29 is 5.11 Å². The van der Waals surface area contributed by atoms with Crippen LogP contribution in [0.4, 0.5) is 0 Å². The minimum atomic E-state index is 0.0962. The van der Waals surface area contributed by atoms with Crippen LogP contribution in [0.2, 0.25) is 20.1 Å². The van der Waals surface area contributed by atoms with Gasteiger partial charge >= 0.3 is 0 Å². The number of hydrogen-bond donors (Lipinski definition) is 1. The van der Waals surface area contributed by atoms with E-state index in [0.29, 0.717) is 15.8 Å². The van der Waals surface area contributed by atoms with Crippen LogP contribution in [0.15, 0.2) is 18.2 Å². The Morgan fingerprint density at radius 1 is 0.733 bits per heavy atom. The van der Waals surface area contributed by atoms with Crippen molar-refractivity contribution in [3.8, 4) is 5.75 Å². The summed E-state index contributed by atoms with van der Waals surface area (Å²) in [6, 6.07) is 4.64. The van der Waals surface area contributed by atoms with Gasteiger partial charge in [0.15, 0.2) is 0 Å². The summed E-state index contributed by atoms with van der Waals surface area (Å²) in [5.74, 6) is 0.0962. The molecule has 0 bridgehead atoms. The van der Waals surface area contributed by atoms with E-state index in [1.807, 2.05) is 0 Å². The molecule has 2 rings (SSSR count). The van der Waals surface area contributed by atoms with E-state index in [0.717, 1.165) is 0 Å². The van der Waals surface area contributed by atoms with Gasteiger partial charge in [-0.1, -0.05) is 46.4 Å². The van der Waals surface area contributed by atoms with Gasteiger partial charge in [-0.05, 0) is 18.2 Å². The minimum Gasteiger partial charge on any atom is -0.508 e. The molecule has 78 valence electrons. The number of phenols is 1. The first-order chi connectivity index (χ1) is 7.02. The fourth-order valence-electron chi connectivity index (χ4n) is 1.33. The summed E-state index contributed by atoms with van der Waals surface area (Å²) in [4.78, 5) is 0. The van der Waals surface area contributed by atoms with Crippen molar-refractivity contribution in [2.24, 2.45) is 0 Å². The van der Waals surface area contributed by atoms with E-state index < -0.39 is 0 Å². The average molecular weight is 282 g/mol. The molecule has 0 aliphatic heterocycles. The maximum atomic E-state index is 9.33. The Morgan fingerprint density at radius 3 is 1.87 bits per heavy atom. The summed E-state index contributed by atoms with van der Waals surface area (Å²) in [5.41, 5.74) is 0. The Bertz CT molecular complexity index is 551. The molecule has 1 N–H and O–H groups in total. The molecule has 0 aliphatic rings. The first kappa shape index (κ1) is 11.2. The third-order valence-corrected chi connectivity index (χ3v) is 3.89. The maximum Gasteiger partial charge on any atom is 0.116 e. The molecule has 0 unspecified atom stereocenters. The molecule has 0 saturated heterocycles. The van der Waals surface area contributed by atoms with Crippen molar-refractivity contribution in [1.29, 1.82) is 0 Å². The van der Waals surface area contributed by atoms with Gasteiger partial charge in [-0.15, -0.1) is 0 Å². The smallest absolute Gasteiger partial charge is 0.116 e. The average Bonchev–Trinajstić information content (AvgIpc) is 2.23. The summed E-state index contributed by atoms with van der Waals surface area (Å²) in [7, 11) is 0. The van der Waals surface area contributed by atoms with Crippen molar-refractivity contribution in [3.63, 3.8) is 0 Å². The quantitative estimate of drug-likeness (QED) is 0.522. The normalized spacial score (nSPS) is 10.9. The fourth-order valence-corrected chi connectivity index (χ4v) is 2.33. The molecule has 5 heteroatoms. The number of benzene rings is 2. The molecule has 15 heavy (non-hydrogen) atoms. The van der Waals surface area contributed by atoms with Crippen LogP contribution in [0.3, 0.4) is 0 Å². The number of fused-ring (bicyclic) bond motifs is 1. The minimum absolute atomic E-state index is 0.0962. The first-order valence-electron chi connectivity index (χ1n) is 3.97. The lowest BCUT2D eigenvalue weighted by molar-refractivity contribution is 0.476. The largest absolute Gasteiger partial charge is 0.508 e. The fraction of sp³-hybridized carbons (Fsp3) is 0. The Labute approximate surface area is 106 Å². The Hall–Kier alpha value is -0.340. The van der Waals surface area contributed by atoms with E-state index in [2.05, 4.69) is 0 Å². The molecular weight excluding hydrogens is 278 g/mol. The molecule has 0 saturated carbocycles. The van der Waals surface area contributed by atoms with Gasteiger partial charge in [-0.2, -0.15) is 0 Å². The van der Waals surface area contributed by atoms with E-state index in [9.17, 15) is 5.11 Å². The van der Waals surface area contributed by atoms with Gasteiger partial charge in [-0.25, -0.2) is 0 Å². The molecule has 0 fully saturated rings. The Morgan fingerprint density at radius 2 is 1.27 bits per heavy atom. The third-order valence-electron chi connectivity index (χ3n) is 2.05. The lowest BCUT2D eigenvalue weighted by atomic mass is 10.1. The summed E-state index contributed by atoms with van der Waals surface area (Å²) < 4.78 is 0. The Kier molecular flexibility index (Phi) is 2.91. The Balaban J connectivity index is 3.00. The molecule has 0 radical (unpaired) electrons. The van der Waals surface area contributed by atoms with Crippen LogP contribution in [0.1, 0.15) is 0 Å². The van der Waals surface area contributed by atoms with Gasteiger partial charge in [0, 0.05) is 10.8 Å². The molecule has 0 aliphatic carbocycles.